The fourth-order valence-corrected chi connectivity index (χ4v) is 1.59. The maximum absolute atomic E-state index is 11.9. The summed E-state index contributed by atoms with van der Waals surface area (Å²) in [6, 6.07) is 9.89. The summed E-state index contributed by atoms with van der Waals surface area (Å²) in [7, 11) is 0. The molecular formula is C19H20O2. The summed E-state index contributed by atoms with van der Waals surface area (Å²) < 4.78 is 5.06. The largest absolute Gasteiger partial charge is 0.458 e. The highest BCUT2D eigenvalue weighted by Gasteiger charge is 2.08. The Morgan fingerprint density at radius 3 is 2.52 bits per heavy atom. The second-order valence-corrected chi connectivity index (χ2v) is 4.31. The van der Waals surface area contributed by atoms with Crippen molar-refractivity contribution >= 4 is 12.0 Å². The molecule has 0 amide bonds. The molecule has 1 rings (SSSR count). The van der Waals surface area contributed by atoms with Gasteiger partial charge < -0.3 is 4.74 Å². The number of ether oxygens (including phenoxy) is 1. The lowest BCUT2D eigenvalue weighted by molar-refractivity contribution is -0.137. The average molecular weight is 280 g/mol. The second kappa shape index (κ2) is 9.32. The van der Waals surface area contributed by atoms with Gasteiger partial charge in [-0.15, -0.1) is 0 Å². The van der Waals surface area contributed by atoms with Gasteiger partial charge in [-0.05, 0) is 18.1 Å². The summed E-state index contributed by atoms with van der Waals surface area (Å²) in [5.41, 5.74) is 2.39. The van der Waals surface area contributed by atoms with Crippen molar-refractivity contribution in [3.05, 3.63) is 90.6 Å². The van der Waals surface area contributed by atoms with E-state index in [0.717, 1.165) is 11.1 Å². The Morgan fingerprint density at radius 1 is 1.19 bits per heavy atom. The molecule has 0 unspecified atom stereocenters. The molecular weight excluding hydrogens is 260 g/mol. The quantitative estimate of drug-likeness (QED) is 0.318. The van der Waals surface area contributed by atoms with E-state index in [0.29, 0.717) is 5.57 Å². The van der Waals surface area contributed by atoms with Crippen LogP contribution in [0.2, 0.25) is 0 Å². The van der Waals surface area contributed by atoms with E-state index in [-0.39, 0.29) is 12.6 Å². The molecule has 21 heavy (non-hydrogen) atoms. The smallest absolute Gasteiger partial charge is 0.334 e. The first-order chi connectivity index (χ1) is 10.2. The highest BCUT2D eigenvalue weighted by atomic mass is 16.5. The lowest BCUT2D eigenvalue weighted by atomic mass is 10.1. The van der Waals surface area contributed by atoms with Crippen molar-refractivity contribution in [1.82, 2.24) is 0 Å². The van der Waals surface area contributed by atoms with Crippen LogP contribution in [0.5, 0.6) is 0 Å². The van der Waals surface area contributed by atoms with Gasteiger partial charge in [0, 0.05) is 5.57 Å². The van der Waals surface area contributed by atoms with Gasteiger partial charge in [-0.2, -0.15) is 0 Å². The minimum absolute atomic E-state index is 0.205. The van der Waals surface area contributed by atoms with Crippen LogP contribution in [0, 0.1) is 0 Å². The molecule has 0 bridgehead atoms. The van der Waals surface area contributed by atoms with Crippen LogP contribution >= 0.6 is 0 Å². The first kappa shape index (κ1) is 16.4. The fourth-order valence-electron chi connectivity index (χ4n) is 1.59. The Morgan fingerprint density at radius 2 is 1.90 bits per heavy atom. The molecule has 1 aromatic carbocycles. The molecule has 0 spiro atoms. The molecule has 108 valence electrons. The number of esters is 1. The van der Waals surface area contributed by atoms with Crippen molar-refractivity contribution in [2.45, 2.75) is 6.92 Å². The van der Waals surface area contributed by atoms with E-state index in [4.69, 9.17) is 4.74 Å². The van der Waals surface area contributed by atoms with Gasteiger partial charge in [-0.1, -0.05) is 79.9 Å². The summed E-state index contributed by atoms with van der Waals surface area (Å²) in [5, 5.41) is 0. The van der Waals surface area contributed by atoms with E-state index in [9.17, 15) is 4.79 Å². The van der Waals surface area contributed by atoms with Gasteiger partial charge in [-0.3, -0.25) is 0 Å². The maximum Gasteiger partial charge on any atom is 0.334 e. The van der Waals surface area contributed by atoms with Gasteiger partial charge >= 0.3 is 5.97 Å². The minimum atomic E-state index is -0.351. The standard InChI is InChI=1S/C19H20O2/c1-4-6-12-18(16(3)19(20)21-15-5-2)14-13-17-10-8-7-9-11-17/h4-14H,1-2,15H2,3H3. The lowest BCUT2D eigenvalue weighted by Crippen LogP contribution is -2.07. The summed E-state index contributed by atoms with van der Waals surface area (Å²) in [5.74, 6) is -0.351. The zero-order valence-corrected chi connectivity index (χ0v) is 12.3. The third-order valence-corrected chi connectivity index (χ3v) is 2.74. The Labute approximate surface area is 126 Å². The minimum Gasteiger partial charge on any atom is -0.458 e. The molecule has 0 heterocycles. The second-order valence-electron chi connectivity index (χ2n) is 4.31. The Balaban J connectivity index is 3.01. The Kier molecular flexibility index (Phi) is 7.30. The number of carbonyl (C=O) groups is 1. The molecule has 2 heteroatoms. The molecule has 1 aromatic rings. The molecule has 0 aromatic heterocycles. The first-order valence-electron chi connectivity index (χ1n) is 6.70. The SMILES string of the molecule is C=CC=CC(C=Cc1ccccc1)=C(C)C(=O)OCC=C. The van der Waals surface area contributed by atoms with E-state index in [1.807, 2.05) is 48.6 Å². The van der Waals surface area contributed by atoms with Crippen LogP contribution in [-0.2, 0) is 9.53 Å². The average Bonchev–Trinajstić information content (AvgIpc) is 2.53. The Hall–Kier alpha value is -2.61. The predicted octanol–water partition coefficient (Wildman–Crippen LogP) is 4.49. The first-order valence-corrected chi connectivity index (χ1v) is 6.70. The van der Waals surface area contributed by atoms with Gasteiger partial charge in [-0.25, -0.2) is 4.79 Å². The molecule has 0 radical (unpaired) electrons. The number of rotatable bonds is 7. The van der Waals surface area contributed by atoms with Gasteiger partial charge in [0.1, 0.15) is 6.61 Å². The Bertz CT molecular complexity index is 575. The number of allylic oxidation sites excluding steroid dienone is 5. The molecule has 0 aliphatic rings. The van der Waals surface area contributed by atoms with Crippen LogP contribution in [0.4, 0.5) is 0 Å². The van der Waals surface area contributed by atoms with Crippen LogP contribution < -0.4 is 0 Å². The molecule has 0 aliphatic heterocycles. The van der Waals surface area contributed by atoms with Crippen LogP contribution in [0.15, 0.2) is 85.0 Å². The van der Waals surface area contributed by atoms with E-state index in [1.165, 1.54) is 0 Å². The van der Waals surface area contributed by atoms with Crippen LogP contribution in [-0.4, -0.2) is 12.6 Å². The number of hydrogen-bond donors (Lipinski definition) is 0. The predicted molar refractivity (Wildman–Crippen MR) is 88.7 cm³/mol. The third kappa shape index (κ3) is 5.91. The van der Waals surface area contributed by atoms with E-state index in [1.54, 1.807) is 25.2 Å². The number of benzene rings is 1. The zero-order valence-electron chi connectivity index (χ0n) is 12.3. The third-order valence-electron chi connectivity index (χ3n) is 2.74. The van der Waals surface area contributed by atoms with E-state index < -0.39 is 0 Å². The summed E-state index contributed by atoms with van der Waals surface area (Å²) >= 11 is 0. The summed E-state index contributed by atoms with van der Waals surface area (Å²) in [4.78, 5) is 11.9. The molecule has 0 N–H and O–H groups in total. The summed E-state index contributed by atoms with van der Waals surface area (Å²) in [6.07, 6.45) is 10.7. The molecule has 0 aliphatic carbocycles. The lowest BCUT2D eigenvalue weighted by Gasteiger charge is -2.05. The van der Waals surface area contributed by atoms with E-state index in [2.05, 4.69) is 13.2 Å². The molecule has 2 nitrogen and oxygen atoms in total. The van der Waals surface area contributed by atoms with Gasteiger partial charge in [0.2, 0.25) is 0 Å². The van der Waals surface area contributed by atoms with Gasteiger partial charge in [0.15, 0.2) is 0 Å². The monoisotopic (exact) mass is 280 g/mol. The van der Waals surface area contributed by atoms with Crippen molar-refractivity contribution < 1.29 is 9.53 Å². The van der Waals surface area contributed by atoms with E-state index >= 15 is 0 Å². The zero-order chi connectivity index (χ0) is 15.5. The van der Waals surface area contributed by atoms with Crippen molar-refractivity contribution in [3.8, 4) is 0 Å². The van der Waals surface area contributed by atoms with Gasteiger partial charge in [0.05, 0.1) is 0 Å². The van der Waals surface area contributed by atoms with Gasteiger partial charge in [0.25, 0.3) is 0 Å². The van der Waals surface area contributed by atoms with Crippen LogP contribution in [0.3, 0.4) is 0 Å². The molecule has 0 saturated carbocycles. The number of carbonyl (C=O) groups excluding carboxylic acids is 1. The topological polar surface area (TPSA) is 26.3 Å². The molecule has 0 atom stereocenters. The van der Waals surface area contributed by atoms with Crippen LogP contribution in [0.1, 0.15) is 12.5 Å². The van der Waals surface area contributed by atoms with Crippen molar-refractivity contribution in [1.29, 1.82) is 0 Å². The molecule has 0 fully saturated rings. The maximum atomic E-state index is 11.9. The normalized spacial score (nSPS) is 12.2. The van der Waals surface area contributed by atoms with Crippen molar-refractivity contribution in [2.75, 3.05) is 6.61 Å². The molecule has 0 saturated heterocycles. The van der Waals surface area contributed by atoms with Crippen molar-refractivity contribution in [3.63, 3.8) is 0 Å². The van der Waals surface area contributed by atoms with Crippen molar-refractivity contribution in [2.24, 2.45) is 0 Å². The fraction of sp³-hybridized carbons (Fsp3) is 0.105. The van der Waals surface area contributed by atoms with Crippen LogP contribution in [0.25, 0.3) is 6.08 Å². The summed E-state index contributed by atoms with van der Waals surface area (Å²) in [6.45, 7) is 9.11. The number of hydrogen-bond acceptors (Lipinski definition) is 2. The highest BCUT2D eigenvalue weighted by Crippen LogP contribution is 2.13. The highest BCUT2D eigenvalue weighted by molar-refractivity contribution is 5.90.